The van der Waals surface area contributed by atoms with Crippen LogP contribution < -0.4 is 11.1 Å². The molecule has 4 nitrogen and oxygen atoms in total. The predicted octanol–water partition coefficient (Wildman–Crippen LogP) is 3.73. The van der Waals surface area contributed by atoms with Gasteiger partial charge in [0.05, 0.1) is 12.6 Å². The minimum Gasteiger partial charge on any atom is -0.383 e. The van der Waals surface area contributed by atoms with Crippen molar-refractivity contribution in [2.24, 2.45) is 5.73 Å². The molecule has 0 bridgehead atoms. The second-order valence-electron chi connectivity index (χ2n) is 6.82. The van der Waals surface area contributed by atoms with E-state index in [0.717, 1.165) is 22.3 Å². The molecule has 3 aromatic carbocycles. The van der Waals surface area contributed by atoms with Gasteiger partial charge in [0.1, 0.15) is 6.04 Å². The summed E-state index contributed by atoms with van der Waals surface area (Å²) in [7, 11) is 1.63. The summed E-state index contributed by atoms with van der Waals surface area (Å²) in [5, 5.41) is 3.02. The van der Waals surface area contributed by atoms with E-state index in [9.17, 15) is 4.79 Å². The first kappa shape index (κ1) is 19.8. The number of carbonyl (C=O) groups is 1. The van der Waals surface area contributed by atoms with Crippen molar-refractivity contribution < 1.29 is 9.53 Å². The van der Waals surface area contributed by atoms with Gasteiger partial charge in [0.15, 0.2) is 0 Å². The molecule has 0 heterocycles. The minimum atomic E-state index is -0.722. The Hall–Kier alpha value is -2.95. The lowest BCUT2D eigenvalue weighted by molar-refractivity contribution is -0.123. The lowest BCUT2D eigenvalue weighted by atomic mass is 10.00. The number of rotatable bonds is 8. The molecule has 1 amide bonds. The molecular formula is C24H26N2O2. The molecule has 0 aliphatic heterocycles. The van der Waals surface area contributed by atoms with Gasteiger partial charge in [-0.3, -0.25) is 4.79 Å². The maximum Gasteiger partial charge on any atom is 0.241 e. The first-order valence-electron chi connectivity index (χ1n) is 9.41. The fourth-order valence-corrected chi connectivity index (χ4v) is 3.21. The monoisotopic (exact) mass is 374 g/mol. The molecule has 0 aromatic heterocycles. The molecule has 0 aliphatic rings. The van der Waals surface area contributed by atoms with Crippen LogP contribution in [0.3, 0.4) is 0 Å². The predicted molar refractivity (Wildman–Crippen MR) is 113 cm³/mol. The van der Waals surface area contributed by atoms with Crippen molar-refractivity contribution in [2.75, 3.05) is 13.7 Å². The summed E-state index contributed by atoms with van der Waals surface area (Å²) in [4.78, 5) is 12.7. The summed E-state index contributed by atoms with van der Waals surface area (Å²) in [6, 6.07) is 27.1. The van der Waals surface area contributed by atoms with Crippen molar-refractivity contribution in [3.63, 3.8) is 0 Å². The number of nitrogens with two attached hydrogens (primary N) is 1. The van der Waals surface area contributed by atoms with Crippen LogP contribution in [0.25, 0.3) is 11.1 Å². The summed E-state index contributed by atoms with van der Waals surface area (Å²) >= 11 is 0. The van der Waals surface area contributed by atoms with Crippen LogP contribution in [0.4, 0.5) is 0 Å². The summed E-state index contributed by atoms with van der Waals surface area (Å²) in [5.74, 6) is -0.203. The standard InChI is InChI=1S/C24H26N2O2/c1-28-17-22(16-18-8-4-2-5-9-18)26-24(27)23(25)21-14-12-20(13-15-21)19-10-6-3-7-11-19/h2-15,22-23H,16-17,25H2,1H3,(H,26,27)/t22-,23-/m0/s1. The maximum absolute atomic E-state index is 12.7. The van der Waals surface area contributed by atoms with E-state index >= 15 is 0 Å². The lowest BCUT2D eigenvalue weighted by Gasteiger charge is -2.21. The number of methoxy groups -OCH3 is 1. The molecule has 0 radical (unpaired) electrons. The largest absolute Gasteiger partial charge is 0.383 e. The Morgan fingerprint density at radius 3 is 2.07 bits per heavy atom. The molecular weight excluding hydrogens is 348 g/mol. The fraction of sp³-hybridized carbons (Fsp3) is 0.208. The molecule has 0 unspecified atom stereocenters. The van der Waals surface area contributed by atoms with Crippen LogP contribution in [0.15, 0.2) is 84.9 Å². The number of carbonyl (C=O) groups excluding carboxylic acids is 1. The third-order valence-corrected chi connectivity index (χ3v) is 4.70. The number of nitrogens with one attached hydrogen (secondary N) is 1. The third-order valence-electron chi connectivity index (χ3n) is 4.70. The number of hydrogen-bond donors (Lipinski definition) is 2. The number of benzene rings is 3. The van der Waals surface area contributed by atoms with Gasteiger partial charge >= 0.3 is 0 Å². The third kappa shape index (κ3) is 5.28. The minimum absolute atomic E-state index is 0.130. The van der Waals surface area contributed by atoms with Gasteiger partial charge in [0.25, 0.3) is 0 Å². The molecule has 144 valence electrons. The highest BCUT2D eigenvalue weighted by molar-refractivity contribution is 5.83. The van der Waals surface area contributed by atoms with Gasteiger partial charge in [-0.05, 0) is 28.7 Å². The molecule has 3 aromatic rings. The van der Waals surface area contributed by atoms with Crippen molar-refractivity contribution in [3.8, 4) is 11.1 Å². The zero-order valence-corrected chi connectivity index (χ0v) is 16.0. The lowest BCUT2D eigenvalue weighted by Crippen LogP contribution is -2.44. The Kier molecular flexibility index (Phi) is 6.95. The zero-order valence-electron chi connectivity index (χ0n) is 16.0. The SMILES string of the molecule is COC[C@H](Cc1ccccc1)NC(=O)[C@@H](N)c1ccc(-c2ccccc2)cc1. The van der Waals surface area contributed by atoms with Crippen LogP contribution in [0, 0.1) is 0 Å². The first-order valence-corrected chi connectivity index (χ1v) is 9.41. The van der Waals surface area contributed by atoms with E-state index in [4.69, 9.17) is 10.5 Å². The Bertz CT molecular complexity index is 864. The zero-order chi connectivity index (χ0) is 19.8. The maximum atomic E-state index is 12.7. The smallest absolute Gasteiger partial charge is 0.241 e. The number of hydrogen-bond acceptors (Lipinski definition) is 3. The van der Waals surface area contributed by atoms with Crippen molar-refractivity contribution in [1.29, 1.82) is 0 Å². The molecule has 28 heavy (non-hydrogen) atoms. The van der Waals surface area contributed by atoms with Gasteiger partial charge in [0, 0.05) is 7.11 Å². The molecule has 0 saturated carbocycles. The van der Waals surface area contributed by atoms with E-state index in [1.165, 1.54) is 0 Å². The van der Waals surface area contributed by atoms with E-state index in [1.54, 1.807) is 7.11 Å². The van der Waals surface area contributed by atoms with Gasteiger partial charge < -0.3 is 15.8 Å². The fourth-order valence-electron chi connectivity index (χ4n) is 3.21. The molecule has 0 aliphatic carbocycles. The number of amides is 1. The second-order valence-corrected chi connectivity index (χ2v) is 6.82. The van der Waals surface area contributed by atoms with Crippen LogP contribution >= 0.6 is 0 Å². The van der Waals surface area contributed by atoms with E-state index in [0.29, 0.717) is 13.0 Å². The van der Waals surface area contributed by atoms with Crippen LogP contribution in [-0.2, 0) is 16.0 Å². The van der Waals surface area contributed by atoms with Gasteiger partial charge in [-0.25, -0.2) is 0 Å². The molecule has 3 N–H and O–H groups in total. The highest BCUT2D eigenvalue weighted by Crippen LogP contribution is 2.21. The Labute approximate surface area is 166 Å². The van der Waals surface area contributed by atoms with Gasteiger partial charge in [0.2, 0.25) is 5.91 Å². The molecule has 2 atom stereocenters. The highest BCUT2D eigenvalue weighted by atomic mass is 16.5. The van der Waals surface area contributed by atoms with Crippen LogP contribution in [0.5, 0.6) is 0 Å². The van der Waals surface area contributed by atoms with Crippen molar-refractivity contribution in [2.45, 2.75) is 18.5 Å². The Morgan fingerprint density at radius 1 is 0.893 bits per heavy atom. The summed E-state index contributed by atoms with van der Waals surface area (Å²) in [6.45, 7) is 0.431. The second kappa shape index (κ2) is 9.83. The quantitative estimate of drug-likeness (QED) is 0.631. The first-order chi connectivity index (χ1) is 13.7. The highest BCUT2D eigenvalue weighted by Gasteiger charge is 2.20. The Balaban J connectivity index is 1.65. The average molecular weight is 374 g/mol. The van der Waals surface area contributed by atoms with E-state index in [2.05, 4.69) is 17.4 Å². The summed E-state index contributed by atoms with van der Waals surface area (Å²) in [6.07, 6.45) is 0.695. The van der Waals surface area contributed by atoms with Crippen molar-refractivity contribution >= 4 is 5.91 Å². The molecule has 0 fully saturated rings. The molecule has 4 heteroatoms. The van der Waals surface area contributed by atoms with Crippen molar-refractivity contribution in [3.05, 3.63) is 96.1 Å². The molecule has 0 spiro atoms. The van der Waals surface area contributed by atoms with Gasteiger partial charge in [-0.1, -0.05) is 84.9 Å². The van der Waals surface area contributed by atoms with Crippen LogP contribution in [-0.4, -0.2) is 25.7 Å². The molecule has 3 rings (SSSR count). The van der Waals surface area contributed by atoms with E-state index in [1.807, 2.05) is 72.8 Å². The average Bonchev–Trinajstić information content (AvgIpc) is 2.75. The normalized spacial score (nSPS) is 12.9. The Morgan fingerprint density at radius 2 is 1.46 bits per heavy atom. The number of ether oxygens (including phenoxy) is 1. The van der Waals surface area contributed by atoms with Gasteiger partial charge in [-0.2, -0.15) is 0 Å². The molecule has 0 saturated heterocycles. The van der Waals surface area contributed by atoms with Crippen LogP contribution in [0.1, 0.15) is 17.2 Å². The summed E-state index contributed by atoms with van der Waals surface area (Å²) < 4.78 is 5.27. The van der Waals surface area contributed by atoms with Crippen molar-refractivity contribution in [1.82, 2.24) is 5.32 Å². The van der Waals surface area contributed by atoms with Crippen LogP contribution in [0.2, 0.25) is 0 Å². The van der Waals surface area contributed by atoms with E-state index in [-0.39, 0.29) is 11.9 Å². The van der Waals surface area contributed by atoms with E-state index < -0.39 is 6.04 Å². The van der Waals surface area contributed by atoms with Gasteiger partial charge in [-0.15, -0.1) is 0 Å². The topological polar surface area (TPSA) is 64.3 Å². The summed E-state index contributed by atoms with van der Waals surface area (Å²) in [5.41, 5.74) is 10.4.